The van der Waals surface area contributed by atoms with E-state index in [4.69, 9.17) is 16.3 Å². The van der Waals surface area contributed by atoms with Gasteiger partial charge in [-0.1, -0.05) is 29.8 Å². The Hall–Kier alpha value is -3.78. The van der Waals surface area contributed by atoms with Gasteiger partial charge in [0.1, 0.15) is 11.3 Å². The van der Waals surface area contributed by atoms with Crippen molar-refractivity contribution in [2.24, 2.45) is 0 Å². The van der Waals surface area contributed by atoms with E-state index in [0.29, 0.717) is 17.2 Å². The third kappa shape index (κ3) is 4.92. The Morgan fingerprint density at radius 2 is 1.59 bits per heavy atom. The van der Waals surface area contributed by atoms with Gasteiger partial charge >= 0.3 is 12.2 Å². The molecule has 4 rings (SSSR count). The van der Waals surface area contributed by atoms with Gasteiger partial charge in [0.25, 0.3) is 0 Å². The van der Waals surface area contributed by atoms with E-state index in [1.54, 1.807) is 36.5 Å². The number of halogens is 4. The fraction of sp³-hybridized carbons (Fsp3) is 0.0435. The van der Waals surface area contributed by atoms with Crippen LogP contribution in [0.5, 0.6) is 11.5 Å². The van der Waals surface area contributed by atoms with Crippen LogP contribution in [0.15, 0.2) is 79.0 Å². The lowest BCUT2D eigenvalue weighted by atomic mass is 10.2. The predicted octanol–water partition coefficient (Wildman–Crippen LogP) is 7.34. The number of hydrogen-bond donors (Lipinski definition) is 2. The Morgan fingerprint density at radius 3 is 2.34 bits per heavy atom. The van der Waals surface area contributed by atoms with Gasteiger partial charge < -0.3 is 15.4 Å². The summed E-state index contributed by atoms with van der Waals surface area (Å²) in [6.45, 7) is 0. The molecule has 1 heterocycles. The zero-order valence-corrected chi connectivity index (χ0v) is 17.0. The van der Waals surface area contributed by atoms with Crippen LogP contribution in [-0.2, 0) is 6.18 Å². The summed E-state index contributed by atoms with van der Waals surface area (Å²) in [5, 5.41) is 5.40. The van der Waals surface area contributed by atoms with Crippen LogP contribution >= 0.6 is 11.6 Å². The highest BCUT2D eigenvalue weighted by atomic mass is 35.5. The molecular formula is C23H15ClF3N3O2. The lowest BCUT2D eigenvalue weighted by molar-refractivity contribution is -0.137. The maximum Gasteiger partial charge on any atom is 0.417 e. The summed E-state index contributed by atoms with van der Waals surface area (Å²) in [5.41, 5.74) is 0.0812. The lowest BCUT2D eigenvalue weighted by Crippen LogP contribution is -2.19. The van der Waals surface area contributed by atoms with Gasteiger partial charge in [0.15, 0.2) is 5.75 Å². The molecule has 0 atom stereocenters. The maximum atomic E-state index is 13.0. The number of pyridine rings is 1. The number of para-hydroxylation sites is 1. The molecule has 0 bridgehead atoms. The molecule has 0 fully saturated rings. The van der Waals surface area contributed by atoms with E-state index in [0.717, 1.165) is 23.0 Å². The molecule has 2 amide bonds. The number of fused-ring (bicyclic) bond motifs is 1. The average molecular weight is 458 g/mol. The van der Waals surface area contributed by atoms with E-state index in [9.17, 15) is 18.0 Å². The van der Waals surface area contributed by atoms with E-state index >= 15 is 0 Å². The molecule has 0 aliphatic rings. The number of benzene rings is 3. The second-order valence-corrected chi connectivity index (χ2v) is 7.14. The Bertz CT molecular complexity index is 1270. The molecular weight excluding hydrogens is 443 g/mol. The number of carbonyl (C=O) groups excluding carboxylic acids is 1. The molecule has 0 saturated carbocycles. The Balaban J connectivity index is 1.42. The third-order valence-electron chi connectivity index (χ3n) is 4.47. The molecule has 3 aromatic carbocycles. The number of amides is 2. The summed E-state index contributed by atoms with van der Waals surface area (Å²) in [5.74, 6) is 1.12. The number of urea groups is 1. The summed E-state index contributed by atoms with van der Waals surface area (Å²) < 4.78 is 44.8. The molecule has 0 radical (unpaired) electrons. The molecule has 2 N–H and O–H groups in total. The van der Waals surface area contributed by atoms with Crippen molar-refractivity contribution in [3.63, 3.8) is 0 Å². The smallest absolute Gasteiger partial charge is 0.417 e. The van der Waals surface area contributed by atoms with Crippen molar-refractivity contribution in [3.05, 3.63) is 89.6 Å². The fourth-order valence-electron chi connectivity index (χ4n) is 3.01. The lowest BCUT2D eigenvalue weighted by Gasteiger charge is -2.13. The highest BCUT2D eigenvalue weighted by molar-refractivity contribution is 6.31. The number of anilines is 2. The minimum atomic E-state index is -4.62. The Labute approximate surface area is 185 Å². The second-order valence-electron chi connectivity index (χ2n) is 6.73. The second kappa shape index (κ2) is 8.76. The first-order chi connectivity index (χ1) is 15.3. The highest BCUT2D eigenvalue weighted by Gasteiger charge is 2.33. The number of hydrogen-bond acceptors (Lipinski definition) is 3. The number of carbonyl (C=O) groups is 1. The van der Waals surface area contributed by atoms with Crippen molar-refractivity contribution in [1.82, 2.24) is 4.98 Å². The molecule has 0 spiro atoms. The average Bonchev–Trinajstić information content (AvgIpc) is 2.76. The van der Waals surface area contributed by atoms with Crippen molar-refractivity contribution in [2.45, 2.75) is 6.18 Å². The van der Waals surface area contributed by atoms with Crippen LogP contribution in [-0.4, -0.2) is 11.0 Å². The van der Waals surface area contributed by atoms with Gasteiger partial charge in [0.05, 0.1) is 10.6 Å². The van der Waals surface area contributed by atoms with Crippen LogP contribution in [0.4, 0.5) is 29.3 Å². The first-order valence-corrected chi connectivity index (χ1v) is 9.74. The molecule has 162 valence electrons. The predicted molar refractivity (Wildman–Crippen MR) is 117 cm³/mol. The fourth-order valence-corrected chi connectivity index (χ4v) is 3.23. The number of ether oxygens (including phenoxy) is 1. The molecule has 9 heteroatoms. The van der Waals surface area contributed by atoms with Crippen molar-refractivity contribution in [1.29, 1.82) is 0 Å². The van der Waals surface area contributed by atoms with Gasteiger partial charge in [-0.25, -0.2) is 4.79 Å². The largest absolute Gasteiger partial charge is 0.455 e. The SMILES string of the molecule is O=C(Nc1ccc(Oc2cccc3cccnc23)cc1)Nc1ccc(Cl)c(C(F)(F)F)c1. The van der Waals surface area contributed by atoms with Crippen LogP contribution in [0, 0.1) is 0 Å². The molecule has 0 saturated heterocycles. The van der Waals surface area contributed by atoms with Gasteiger partial charge in [-0.05, 0) is 54.6 Å². The molecule has 32 heavy (non-hydrogen) atoms. The topological polar surface area (TPSA) is 63.2 Å². The van der Waals surface area contributed by atoms with E-state index in [-0.39, 0.29) is 5.69 Å². The Kier molecular flexibility index (Phi) is 5.87. The van der Waals surface area contributed by atoms with Crippen LogP contribution in [0.1, 0.15) is 5.56 Å². The van der Waals surface area contributed by atoms with Gasteiger partial charge in [-0.15, -0.1) is 0 Å². The molecule has 5 nitrogen and oxygen atoms in total. The van der Waals surface area contributed by atoms with Crippen LogP contribution in [0.2, 0.25) is 5.02 Å². The summed E-state index contributed by atoms with van der Waals surface area (Å²) in [6, 6.07) is 18.3. The number of aromatic nitrogens is 1. The summed E-state index contributed by atoms with van der Waals surface area (Å²) in [4.78, 5) is 16.5. The van der Waals surface area contributed by atoms with Crippen LogP contribution < -0.4 is 15.4 Å². The van der Waals surface area contributed by atoms with Crippen molar-refractivity contribution in [3.8, 4) is 11.5 Å². The van der Waals surface area contributed by atoms with E-state index in [1.165, 1.54) is 6.07 Å². The standard InChI is InChI=1S/C23H15ClF3N3O2/c24-19-11-8-16(13-18(19)23(25,26)27)30-22(31)29-15-6-9-17(10-7-15)32-20-5-1-3-14-4-2-12-28-21(14)20/h1-13H,(H2,29,30,31). The number of nitrogens with one attached hydrogen (secondary N) is 2. The molecule has 0 unspecified atom stereocenters. The number of nitrogens with zero attached hydrogens (tertiary/aromatic N) is 1. The van der Waals surface area contributed by atoms with Gasteiger partial charge in [0, 0.05) is 23.0 Å². The Morgan fingerprint density at radius 1 is 0.906 bits per heavy atom. The number of rotatable bonds is 4. The zero-order chi connectivity index (χ0) is 22.7. The maximum absolute atomic E-state index is 13.0. The van der Waals surface area contributed by atoms with Crippen LogP contribution in [0.3, 0.4) is 0 Å². The van der Waals surface area contributed by atoms with E-state index in [2.05, 4.69) is 15.6 Å². The van der Waals surface area contributed by atoms with Gasteiger partial charge in [-0.2, -0.15) is 13.2 Å². The summed E-state index contributed by atoms with van der Waals surface area (Å²) in [7, 11) is 0. The van der Waals surface area contributed by atoms with Crippen molar-refractivity contribution in [2.75, 3.05) is 10.6 Å². The van der Waals surface area contributed by atoms with Crippen molar-refractivity contribution >= 4 is 39.9 Å². The minimum absolute atomic E-state index is 0.0392. The van der Waals surface area contributed by atoms with Crippen molar-refractivity contribution < 1.29 is 22.7 Å². The summed E-state index contributed by atoms with van der Waals surface area (Å²) in [6.07, 6.45) is -2.94. The summed E-state index contributed by atoms with van der Waals surface area (Å²) >= 11 is 5.59. The molecule has 4 aromatic rings. The molecule has 1 aromatic heterocycles. The van der Waals surface area contributed by atoms with Crippen LogP contribution in [0.25, 0.3) is 10.9 Å². The third-order valence-corrected chi connectivity index (χ3v) is 4.79. The number of alkyl halides is 3. The van der Waals surface area contributed by atoms with E-state index < -0.39 is 22.8 Å². The minimum Gasteiger partial charge on any atom is -0.455 e. The first kappa shape index (κ1) is 21.5. The monoisotopic (exact) mass is 457 g/mol. The molecule has 0 aliphatic heterocycles. The highest BCUT2D eigenvalue weighted by Crippen LogP contribution is 2.36. The van der Waals surface area contributed by atoms with Gasteiger partial charge in [0.2, 0.25) is 0 Å². The zero-order valence-electron chi connectivity index (χ0n) is 16.3. The van der Waals surface area contributed by atoms with E-state index in [1.807, 2.05) is 24.3 Å². The molecule has 0 aliphatic carbocycles. The normalized spacial score (nSPS) is 11.2. The quantitative estimate of drug-likeness (QED) is 0.337. The van der Waals surface area contributed by atoms with Gasteiger partial charge in [-0.3, -0.25) is 4.98 Å². The first-order valence-electron chi connectivity index (χ1n) is 9.36.